The van der Waals surface area contributed by atoms with Gasteiger partial charge in [-0.3, -0.25) is 0 Å². The first-order valence-electron chi connectivity index (χ1n) is 6.51. The molecule has 19 heavy (non-hydrogen) atoms. The molecule has 0 aliphatic heterocycles. The highest BCUT2D eigenvalue weighted by Gasteiger charge is 2.37. The summed E-state index contributed by atoms with van der Waals surface area (Å²) in [4.78, 5) is 0.365. The maximum atomic E-state index is 12.5. The number of sulfonamides is 1. The van der Waals surface area contributed by atoms with Crippen LogP contribution in [-0.2, 0) is 10.0 Å². The van der Waals surface area contributed by atoms with Crippen LogP contribution in [0.3, 0.4) is 0 Å². The summed E-state index contributed by atoms with van der Waals surface area (Å²) in [6, 6.07) is 5.36. The number of hydrogen-bond acceptors (Lipinski definition) is 2. The summed E-state index contributed by atoms with van der Waals surface area (Å²) >= 11 is 3.33. The SMILES string of the molecule is Cc1ccc(Br)cc1S(=O)(=O)NC1CCCC1(C)C. The Kier molecular flexibility index (Phi) is 4.10. The van der Waals surface area contributed by atoms with Crippen molar-refractivity contribution in [3.8, 4) is 0 Å². The molecule has 106 valence electrons. The van der Waals surface area contributed by atoms with Crippen molar-refractivity contribution in [3.05, 3.63) is 28.2 Å². The quantitative estimate of drug-likeness (QED) is 0.909. The van der Waals surface area contributed by atoms with Crippen molar-refractivity contribution in [2.45, 2.75) is 51.0 Å². The fourth-order valence-corrected chi connectivity index (χ4v) is 4.88. The van der Waals surface area contributed by atoms with Crippen LogP contribution in [0.1, 0.15) is 38.7 Å². The van der Waals surface area contributed by atoms with Crippen LogP contribution in [0.15, 0.2) is 27.6 Å². The summed E-state index contributed by atoms with van der Waals surface area (Å²) < 4.78 is 28.7. The van der Waals surface area contributed by atoms with Crippen LogP contribution >= 0.6 is 15.9 Å². The van der Waals surface area contributed by atoms with E-state index in [9.17, 15) is 8.42 Å². The van der Waals surface area contributed by atoms with Crippen molar-refractivity contribution >= 4 is 26.0 Å². The van der Waals surface area contributed by atoms with Gasteiger partial charge in [0.05, 0.1) is 4.90 Å². The fourth-order valence-electron chi connectivity index (χ4n) is 2.66. The van der Waals surface area contributed by atoms with Crippen LogP contribution in [0.25, 0.3) is 0 Å². The van der Waals surface area contributed by atoms with Crippen LogP contribution in [0.4, 0.5) is 0 Å². The van der Waals surface area contributed by atoms with Crippen molar-refractivity contribution in [2.75, 3.05) is 0 Å². The zero-order valence-electron chi connectivity index (χ0n) is 11.5. The van der Waals surface area contributed by atoms with Gasteiger partial charge >= 0.3 is 0 Å². The third kappa shape index (κ3) is 3.20. The molecule has 0 amide bonds. The molecule has 0 aromatic heterocycles. The molecule has 1 unspecified atom stereocenters. The molecule has 0 heterocycles. The van der Waals surface area contributed by atoms with E-state index in [-0.39, 0.29) is 11.5 Å². The first-order chi connectivity index (χ1) is 8.72. The lowest BCUT2D eigenvalue weighted by Gasteiger charge is -2.27. The molecular formula is C14H20BrNO2S. The maximum Gasteiger partial charge on any atom is 0.241 e. The van der Waals surface area contributed by atoms with Crippen LogP contribution in [0, 0.1) is 12.3 Å². The summed E-state index contributed by atoms with van der Waals surface area (Å²) in [5, 5.41) is 0. The van der Waals surface area contributed by atoms with Gasteiger partial charge in [-0.15, -0.1) is 0 Å². The Labute approximate surface area is 124 Å². The molecule has 5 heteroatoms. The molecule has 0 spiro atoms. The van der Waals surface area contributed by atoms with Gasteiger partial charge in [-0.25, -0.2) is 13.1 Å². The number of benzene rings is 1. The Balaban J connectivity index is 2.31. The van der Waals surface area contributed by atoms with E-state index in [0.29, 0.717) is 4.90 Å². The van der Waals surface area contributed by atoms with Gasteiger partial charge in [-0.05, 0) is 42.9 Å². The molecule has 1 saturated carbocycles. The first-order valence-corrected chi connectivity index (χ1v) is 8.78. The molecule has 1 N–H and O–H groups in total. The number of hydrogen-bond donors (Lipinski definition) is 1. The van der Waals surface area contributed by atoms with E-state index in [2.05, 4.69) is 34.5 Å². The molecule has 0 radical (unpaired) electrons. The number of rotatable bonds is 3. The standard InChI is InChI=1S/C14H20BrNO2S/c1-10-6-7-11(15)9-12(10)19(17,18)16-13-5-4-8-14(13,2)3/h6-7,9,13,16H,4-5,8H2,1-3H3. The molecule has 1 atom stereocenters. The normalized spacial score (nSPS) is 22.6. The Morgan fingerprint density at radius 2 is 2.05 bits per heavy atom. The molecule has 1 aliphatic carbocycles. The smallest absolute Gasteiger partial charge is 0.208 e. The van der Waals surface area contributed by atoms with Gasteiger partial charge in [-0.1, -0.05) is 42.3 Å². The van der Waals surface area contributed by atoms with Crippen molar-refractivity contribution in [2.24, 2.45) is 5.41 Å². The lowest BCUT2D eigenvalue weighted by atomic mass is 9.88. The second-order valence-electron chi connectivity index (χ2n) is 5.96. The molecule has 1 fully saturated rings. The van der Waals surface area contributed by atoms with E-state index in [0.717, 1.165) is 29.3 Å². The van der Waals surface area contributed by atoms with Crippen LogP contribution in [0.5, 0.6) is 0 Å². The van der Waals surface area contributed by atoms with Crippen molar-refractivity contribution in [1.29, 1.82) is 0 Å². The summed E-state index contributed by atoms with van der Waals surface area (Å²) in [6.45, 7) is 6.07. The van der Waals surface area contributed by atoms with Crippen LogP contribution < -0.4 is 4.72 Å². The lowest BCUT2D eigenvalue weighted by molar-refractivity contribution is 0.313. The second-order valence-corrected chi connectivity index (χ2v) is 8.56. The Bertz CT molecular complexity index is 581. The predicted molar refractivity (Wildman–Crippen MR) is 80.6 cm³/mol. The third-order valence-corrected chi connectivity index (χ3v) is 6.10. The van der Waals surface area contributed by atoms with Gasteiger partial charge in [0.25, 0.3) is 0 Å². The topological polar surface area (TPSA) is 46.2 Å². The summed E-state index contributed by atoms with van der Waals surface area (Å²) in [7, 11) is -3.45. The van der Waals surface area contributed by atoms with Gasteiger partial charge in [0.15, 0.2) is 0 Å². The van der Waals surface area contributed by atoms with Gasteiger partial charge in [0.2, 0.25) is 10.0 Å². The van der Waals surface area contributed by atoms with E-state index in [1.165, 1.54) is 0 Å². The maximum absolute atomic E-state index is 12.5. The highest BCUT2D eigenvalue weighted by atomic mass is 79.9. The van der Waals surface area contributed by atoms with Gasteiger partial charge in [0.1, 0.15) is 0 Å². The highest BCUT2D eigenvalue weighted by molar-refractivity contribution is 9.10. The molecule has 1 aromatic carbocycles. The van der Waals surface area contributed by atoms with Crippen molar-refractivity contribution in [1.82, 2.24) is 4.72 Å². The predicted octanol–water partition coefficient (Wildman–Crippen LogP) is 3.61. The van der Waals surface area contributed by atoms with E-state index < -0.39 is 10.0 Å². The minimum atomic E-state index is -3.45. The first kappa shape index (κ1) is 15.0. The average Bonchev–Trinajstić information content (AvgIpc) is 2.61. The average molecular weight is 346 g/mol. The molecular weight excluding hydrogens is 326 g/mol. The lowest BCUT2D eigenvalue weighted by Crippen LogP contribution is -2.41. The van der Waals surface area contributed by atoms with Crippen molar-refractivity contribution < 1.29 is 8.42 Å². The minimum Gasteiger partial charge on any atom is -0.208 e. The Morgan fingerprint density at radius 1 is 1.37 bits per heavy atom. The summed E-state index contributed by atoms with van der Waals surface area (Å²) in [5.74, 6) is 0. The largest absolute Gasteiger partial charge is 0.241 e. The monoisotopic (exact) mass is 345 g/mol. The Morgan fingerprint density at radius 3 is 2.63 bits per heavy atom. The van der Waals surface area contributed by atoms with E-state index in [1.54, 1.807) is 6.07 Å². The number of nitrogens with one attached hydrogen (secondary N) is 1. The molecule has 0 bridgehead atoms. The zero-order chi connectivity index (χ0) is 14.3. The number of halogens is 1. The van der Waals surface area contributed by atoms with E-state index in [4.69, 9.17) is 0 Å². The highest BCUT2D eigenvalue weighted by Crippen LogP contribution is 2.38. The second kappa shape index (κ2) is 5.19. The van der Waals surface area contributed by atoms with E-state index in [1.807, 2.05) is 19.1 Å². The van der Waals surface area contributed by atoms with Crippen LogP contribution in [0.2, 0.25) is 0 Å². The van der Waals surface area contributed by atoms with Gasteiger partial charge in [-0.2, -0.15) is 0 Å². The van der Waals surface area contributed by atoms with Crippen molar-refractivity contribution in [3.63, 3.8) is 0 Å². The van der Waals surface area contributed by atoms with Gasteiger partial charge in [0, 0.05) is 10.5 Å². The molecule has 1 aliphatic rings. The third-order valence-electron chi connectivity index (χ3n) is 3.99. The molecule has 2 rings (SSSR count). The summed E-state index contributed by atoms with van der Waals surface area (Å²) in [5.41, 5.74) is 0.805. The molecule has 0 saturated heterocycles. The minimum absolute atomic E-state index is 0.0240. The summed E-state index contributed by atoms with van der Waals surface area (Å²) in [6.07, 6.45) is 3.06. The zero-order valence-corrected chi connectivity index (χ0v) is 13.9. The van der Waals surface area contributed by atoms with Crippen LogP contribution in [-0.4, -0.2) is 14.5 Å². The fraction of sp³-hybridized carbons (Fsp3) is 0.571. The number of aryl methyl sites for hydroxylation is 1. The van der Waals surface area contributed by atoms with E-state index >= 15 is 0 Å². The molecule has 3 nitrogen and oxygen atoms in total. The molecule has 1 aromatic rings. The Hall–Kier alpha value is -0.390. The van der Waals surface area contributed by atoms with Gasteiger partial charge < -0.3 is 0 Å².